The van der Waals surface area contributed by atoms with Crippen LogP contribution in [0.3, 0.4) is 0 Å². The van der Waals surface area contributed by atoms with Gasteiger partial charge in [-0.05, 0) is 84.7 Å². The Kier molecular flexibility index (Phi) is 7.79. The largest absolute Gasteiger partial charge is 0.250 e. The maximum Gasteiger partial charge on any atom is 0.105 e. The maximum absolute atomic E-state index is 5.07. The fraction of sp³-hybridized carbons (Fsp3) is 0.360. The summed E-state index contributed by atoms with van der Waals surface area (Å²) in [7, 11) is 0. The van der Waals surface area contributed by atoms with Gasteiger partial charge < -0.3 is 0 Å². The highest BCUT2D eigenvalue weighted by atomic mass is 32.2. The SMILES string of the molecule is CCC(CC)=C1CC(C)C(=C\Sc2cc(C)ccn2)/C(=N/c2ccc(C)cc2)S1. The van der Waals surface area contributed by atoms with Crippen molar-refractivity contribution in [3.63, 3.8) is 0 Å². The lowest BCUT2D eigenvalue weighted by Crippen LogP contribution is -2.15. The van der Waals surface area contributed by atoms with E-state index in [4.69, 9.17) is 4.99 Å². The van der Waals surface area contributed by atoms with Crippen molar-refractivity contribution in [1.82, 2.24) is 4.98 Å². The van der Waals surface area contributed by atoms with Crippen molar-refractivity contribution >= 4 is 34.3 Å². The fourth-order valence-electron chi connectivity index (χ4n) is 3.36. The quantitative estimate of drug-likeness (QED) is 0.453. The fourth-order valence-corrected chi connectivity index (χ4v) is 5.93. The summed E-state index contributed by atoms with van der Waals surface area (Å²) in [5, 5.41) is 4.43. The third kappa shape index (κ3) is 5.86. The van der Waals surface area contributed by atoms with Crippen LogP contribution in [0.2, 0.25) is 0 Å². The summed E-state index contributed by atoms with van der Waals surface area (Å²) in [6.07, 6.45) is 5.21. The van der Waals surface area contributed by atoms with E-state index in [1.54, 1.807) is 17.3 Å². The second kappa shape index (κ2) is 10.3. The molecule has 1 saturated heterocycles. The molecule has 3 rings (SSSR count). The van der Waals surface area contributed by atoms with Gasteiger partial charge in [-0.15, -0.1) is 0 Å². The first-order chi connectivity index (χ1) is 14.0. The van der Waals surface area contributed by atoms with Crippen molar-refractivity contribution in [3.8, 4) is 0 Å². The predicted octanol–water partition coefficient (Wildman–Crippen LogP) is 8.25. The van der Waals surface area contributed by atoms with E-state index in [1.807, 2.05) is 24.0 Å². The lowest BCUT2D eigenvalue weighted by Gasteiger charge is -2.27. The molecule has 1 unspecified atom stereocenters. The molecule has 1 aliphatic heterocycles. The van der Waals surface area contributed by atoms with Crippen LogP contribution in [0.25, 0.3) is 0 Å². The number of hydrogen-bond acceptors (Lipinski definition) is 4. The zero-order chi connectivity index (χ0) is 20.8. The second-order valence-electron chi connectivity index (χ2n) is 7.56. The molecule has 1 aromatic carbocycles. The van der Waals surface area contributed by atoms with Gasteiger partial charge in [-0.2, -0.15) is 0 Å². The summed E-state index contributed by atoms with van der Waals surface area (Å²) in [6, 6.07) is 12.7. The number of benzene rings is 1. The molecule has 1 atom stereocenters. The molecule has 0 amide bonds. The van der Waals surface area contributed by atoms with E-state index in [2.05, 4.69) is 75.3 Å². The number of rotatable bonds is 5. The molecule has 2 nitrogen and oxygen atoms in total. The van der Waals surface area contributed by atoms with E-state index < -0.39 is 0 Å². The van der Waals surface area contributed by atoms with Crippen LogP contribution < -0.4 is 0 Å². The minimum atomic E-state index is 0.445. The molecule has 1 aromatic heterocycles. The Bertz CT molecular complexity index is 934. The molecular formula is C25H30N2S2. The van der Waals surface area contributed by atoms with Gasteiger partial charge in [-0.3, -0.25) is 0 Å². The van der Waals surface area contributed by atoms with Gasteiger partial charge in [-0.1, -0.05) is 67.6 Å². The normalized spacial score (nSPS) is 19.8. The average molecular weight is 423 g/mol. The molecule has 2 heterocycles. The number of nitrogens with zero attached hydrogens (tertiary/aromatic N) is 2. The number of aromatic nitrogens is 1. The van der Waals surface area contributed by atoms with Crippen LogP contribution in [0.1, 0.15) is 51.2 Å². The molecule has 0 N–H and O–H groups in total. The molecule has 0 bridgehead atoms. The first kappa shape index (κ1) is 21.9. The summed E-state index contributed by atoms with van der Waals surface area (Å²) < 4.78 is 0. The van der Waals surface area contributed by atoms with Crippen LogP contribution in [0.5, 0.6) is 0 Å². The van der Waals surface area contributed by atoms with Gasteiger partial charge in [0.15, 0.2) is 0 Å². The summed E-state index contributed by atoms with van der Waals surface area (Å²) in [6.45, 7) is 11.1. The van der Waals surface area contributed by atoms with Gasteiger partial charge >= 0.3 is 0 Å². The third-order valence-electron chi connectivity index (χ3n) is 5.20. The smallest absolute Gasteiger partial charge is 0.105 e. The van der Waals surface area contributed by atoms with Crippen LogP contribution in [-0.2, 0) is 0 Å². The standard InChI is InChI=1S/C25H30N2S2/c1-6-20(7-2)23-15-19(5)22(16-28-24-14-18(4)12-13-26-24)25(29-23)27-21-10-8-17(3)9-11-21/h8-14,16,19H,6-7,15H2,1-5H3/b22-16+,27-25-. The average Bonchev–Trinajstić information content (AvgIpc) is 2.70. The van der Waals surface area contributed by atoms with Crippen molar-refractivity contribution in [1.29, 1.82) is 0 Å². The Morgan fingerprint density at radius 2 is 1.86 bits per heavy atom. The predicted molar refractivity (Wildman–Crippen MR) is 130 cm³/mol. The van der Waals surface area contributed by atoms with E-state index in [0.717, 1.165) is 35.0 Å². The number of allylic oxidation sites excluding steroid dienone is 2. The lowest BCUT2D eigenvalue weighted by molar-refractivity contribution is 0.704. The molecule has 1 aliphatic rings. The molecule has 0 aliphatic carbocycles. The maximum atomic E-state index is 5.07. The zero-order valence-electron chi connectivity index (χ0n) is 18.0. The summed E-state index contributed by atoms with van der Waals surface area (Å²) in [4.78, 5) is 11.1. The van der Waals surface area contributed by atoms with E-state index in [9.17, 15) is 0 Å². The van der Waals surface area contributed by atoms with E-state index in [1.165, 1.54) is 21.6 Å². The number of hydrogen-bond donors (Lipinski definition) is 0. The Hall–Kier alpha value is -1.78. The van der Waals surface area contributed by atoms with Crippen LogP contribution >= 0.6 is 23.5 Å². The highest BCUT2D eigenvalue weighted by molar-refractivity contribution is 8.17. The van der Waals surface area contributed by atoms with Crippen molar-refractivity contribution in [2.75, 3.05) is 0 Å². The molecule has 152 valence electrons. The number of aryl methyl sites for hydroxylation is 2. The molecule has 0 saturated carbocycles. The Labute approximate surface area is 184 Å². The number of pyridine rings is 1. The van der Waals surface area contributed by atoms with E-state index in [-0.39, 0.29) is 0 Å². The summed E-state index contributed by atoms with van der Waals surface area (Å²) >= 11 is 3.56. The van der Waals surface area contributed by atoms with Gasteiger partial charge in [0.25, 0.3) is 0 Å². The Balaban J connectivity index is 1.98. The molecule has 0 spiro atoms. The molecular weight excluding hydrogens is 392 g/mol. The van der Waals surface area contributed by atoms with Gasteiger partial charge in [0.1, 0.15) is 10.1 Å². The van der Waals surface area contributed by atoms with Crippen molar-refractivity contribution < 1.29 is 0 Å². The molecule has 1 fully saturated rings. The number of aliphatic imine (C=N–C) groups is 1. The topological polar surface area (TPSA) is 25.2 Å². The van der Waals surface area contributed by atoms with Crippen molar-refractivity contribution in [2.24, 2.45) is 10.9 Å². The molecule has 4 heteroatoms. The monoisotopic (exact) mass is 422 g/mol. The molecule has 29 heavy (non-hydrogen) atoms. The van der Waals surface area contributed by atoms with Gasteiger partial charge in [0, 0.05) is 6.20 Å². The second-order valence-corrected chi connectivity index (χ2v) is 9.53. The minimum absolute atomic E-state index is 0.445. The molecule has 0 radical (unpaired) electrons. The Morgan fingerprint density at radius 1 is 1.14 bits per heavy atom. The number of thioether (sulfide) groups is 2. The van der Waals surface area contributed by atoms with Crippen molar-refractivity contribution in [2.45, 2.75) is 58.9 Å². The van der Waals surface area contributed by atoms with Crippen LogP contribution in [0.15, 0.2) is 74.1 Å². The summed E-state index contributed by atoms with van der Waals surface area (Å²) in [5.74, 6) is 0.445. The minimum Gasteiger partial charge on any atom is -0.250 e. The zero-order valence-corrected chi connectivity index (χ0v) is 19.7. The molecule has 2 aromatic rings. The first-order valence-corrected chi connectivity index (χ1v) is 12.0. The van der Waals surface area contributed by atoms with Gasteiger partial charge in [0.05, 0.1) is 5.69 Å². The van der Waals surface area contributed by atoms with Crippen molar-refractivity contribution in [3.05, 3.63) is 75.2 Å². The van der Waals surface area contributed by atoms with Gasteiger partial charge in [0.2, 0.25) is 0 Å². The van der Waals surface area contributed by atoms with Crippen LogP contribution in [-0.4, -0.2) is 10.0 Å². The Morgan fingerprint density at radius 3 is 2.52 bits per heavy atom. The third-order valence-corrected chi connectivity index (χ3v) is 7.26. The highest BCUT2D eigenvalue weighted by Gasteiger charge is 2.26. The van der Waals surface area contributed by atoms with Crippen LogP contribution in [0.4, 0.5) is 5.69 Å². The highest BCUT2D eigenvalue weighted by Crippen LogP contribution is 2.43. The first-order valence-electron chi connectivity index (χ1n) is 10.3. The van der Waals surface area contributed by atoms with Crippen LogP contribution in [0, 0.1) is 19.8 Å². The summed E-state index contributed by atoms with van der Waals surface area (Å²) in [5.41, 5.74) is 6.40. The van der Waals surface area contributed by atoms with E-state index in [0.29, 0.717) is 5.92 Å². The van der Waals surface area contributed by atoms with E-state index >= 15 is 0 Å². The van der Waals surface area contributed by atoms with Gasteiger partial charge in [-0.25, -0.2) is 9.98 Å². The lowest BCUT2D eigenvalue weighted by atomic mass is 9.96.